The van der Waals surface area contributed by atoms with Crippen LogP contribution in [0.1, 0.15) is 56.7 Å². The topological polar surface area (TPSA) is 58.4 Å². The van der Waals surface area contributed by atoms with Gasteiger partial charge in [-0.15, -0.1) is 0 Å². The number of pyridine rings is 1. The molecule has 2 aliphatic rings. The zero-order valence-electron chi connectivity index (χ0n) is 16.6. The van der Waals surface area contributed by atoms with Crippen LogP contribution >= 0.6 is 0 Å². The molecule has 1 fully saturated rings. The minimum absolute atomic E-state index is 0.495. The van der Waals surface area contributed by atoms with Gasteiger partial charge in [-0.2, -0.15) is 5.10 Å². The van der Waals surface area contributed by atoms with Gasteiger partial charge >= 0.3 is 0 Å². The maximum atomic E-state index is 6.06. The Morgan fingerprint density at radius 3 is 2.68 bits per heavy atom. The third-order valence-electron chi connectivity index (χ3n) is 5.64. The number of nitrogens with zero attached hydrogens (tertiary/aromatic N) is 3. The molecule has 6 nitrogen and oxygen atoms in total. The van der Waals surface area contributed by atoms with E-state index in [9.17, 15) is 0 Å². The lowest BCUT2D eigenvalue weighted by molar-refractivity contribution is 0.143. The molecule has 2 aromatic heterocycles. The highest BCUT2D eigenvalue weighted by molar-refractivity contribution is 5.67. The molecule has 150 valence electrons. The zero-order chi connectivity index (χ0) is 19.2. The molecule has 2 aliphatic carbocycles. The first-order valence-electron chi connectivity index (χ1n) is 10.3. The van der Waals surface area contributed by atoms with Gasteiger partial charge in [0.15, 0.2) is 0 Å². The third-order valence-corrected chi connectivity index (χ3v) is 5.64. The van der Waals surface area contributed by atoms with Gasteiger partial charge in [0.2, 0.25) is 5.88 Å². The van der Waals surface area contributed by atoms with Crippen molar-refractivity contribution in [1.82, 2.24) is 14.8 Å². The molecule has 28 heavy (non-hydrogen) atoms. The van der Waals surface area contributed by atoms with Gasteiger partial charge in [-0.3, -0.25) is 4.68 Å². The zero-order valence-corrected chi connectivity index (χ0v) is 16.6. The van der Waals surface area contributed by atoms with Crippen LogP contribution in [-0.4, -0.2) is 41.7 Å². The van der Waals surface area contributed by atoms with Gasteiger partial charge in [0.1, 0.15) is 19.0 Å². The molecule has 0 radical (unpaired) electrons. The van der Waals surface area contributed by atoms with Crippen LogP contribution in [0.15, 0.2) is 36.2 Å². The molecular weight excluding hydrogens is 354 g/mol. The molecule has 0 amide bonds. The molecule has 0 spiro atoms. The summed E-state index contributed by atoms with van der Waals surface area (Å²) in [6.07, 6.45) is 12.2. The highest BCUT2D eigenvalue weighted by Gasteiger charge is 2.25. The van der Waals surface area contributed by atoms with Crippen LogP contribution in [0.25, 0.3) is 5.57 Å². The summed E-state index contributed by atoms with van der Waals surface area (Å²) < 4.78 is 18.8. The van der Waals surface area contributed by atoms with E-state index in [0.29, 0.717) is 31.7 Å². The lowest BCUT2D eigenvalue weighted by Gasteiger charge is -2.29. The van der Waals surface area contributed by atoms with Crippen molar-refractivity contribution in [3.63, 3.8) is 0 Å². The molecule has 0 atom stereocenters. The van der Waals surface area contributed by atoms with E-state index in [4.69, 9.17) is 14.2 Å². The number of hydrogen-bond acceptors (Lipinski definition) is 5. The maximum absolute atomic E-state index is 6.06. The fourth-order valence-corrected chi connectivity index (χ4v) is 3.85. The summed E-state index contributed by atoms with van der Waals surface area (Å²) in [4.78, 5) is 4.31. The standard InChI is InChI=1S/C22H29N3O3/c1-26-13-14-27-22-10-9-19(15-23-22)28-16-17-5-2-3-8-20(17)21-11-12-24-25(21)18-6-4-7-18/h9-12,15,18H,2-8,13-14,16H2,1H3. The second-order valence-electron chi connectivity index (χ2n) is 7.50. The minimum Gasteiger partial charge on any atom is -0.488 e. The van der Waals surface area contributed by atoms with Gasteiger partial charge < -0.3 is 14.2 Å². The molecule has 0 N–H and O–H groups in total. The van der Waals surface area contributed by atoms with Crippen molar-refractivity contribution >= 4 is 5.57 Å². The third kappa shape index (κ3) is 4.38. The smallest absolute Gasteiger partial charge is 0.213 e. The fraction of sp³-hybridized carbons (Fsp3) is 0.545. The molecule has 0 aliphatic heterocycles. The Morgan fingerprint density at radius 1 is 1.04 bits per heavy atom. The Bertz CT molecular complexity index is 794. The van der Waals surface area contributed by atoms with Crippen molar-refractivity contribution in [2.24, 2.45) is 0 Å². The number of allylic oxidation sites excluding steroid dienone is 1. The van der Waals surface area contributed by atoms with Crippen LogP contribution < -0.4 is 9.47 Å². The molecule has 0 unspecified atom stereocenters. The van der Waals surface area contributed by atoms with E-state index in [-0.39, 0.29) is 0 Å². The molecule has 0 bridgehead atoms. The largest absolute Gasteiger partial charge is 0.488 e. The molecular formula is C22H29N3O3. The molecule has 2 aromatic rings. The van der Waals surface area contributed by atoms with Gasteiger partial charge in [-0.25, -0.2) is 4.98 Å². The van der Waals surface area contributed by atoms with Crippen molar-refractivity contribution in [2.75, 3.05) is 26.9 Å². The van der Waals surface area contributed by atoms with Crippen molar-refractivity contribution < 1.29 is 14.2 Å². The Labute approximate surface area is 166 Å². The average Bonchev–Trinajstić information content (AvgIpc) is 3.15. The van der Waals surface area contributed by atoms with Crippen LogP contribution in [0.5, 0.6) is 11.6 Å². The van der Waals surface area contributed by atoms with Crippen molar-refractivity contribution in [3.05, 3.63) is 41.9 Å². The summed E-state index contributed by atoms with van der Waals surface area (Å²) in [7, 11) is 1.65. The second-order valence-corrected chi connectivity index (χ2v) is 7.50. The monoisotopic (exact) mass is 383 g/mol. The molecule has 1 saturated carbocycles. The summed E-state index contributed by atoms with van der Waals surface area (Å²) in [5, 5.41) is 4.62. The number of aromatic nitrogens is 3. The van der Waals surface area contributed by atoms with Gasteiger partial charge in [0.25, 0.3) is 0 Å². The Balaban J connectivity index is 1.43. The average molecular weight is 383 g/mol. The van der Waals surface area contributed by atoms with Crippen LogP contribution in [0, 0.1) is 0 Å². The van der Waals surface area contributed by atoms with Gasteiger partial charge in [0, 0.05) is 19.4 Å². The van der Waals surface area contributed by atoms with Crippen LogP contribution in [-0.2, 0) is 4.74 Å². The van der Waals surface area contributed by atoms with Gasteiger partial charge in [-0.05, 0) is 68.2 Å². The quantitative estimate of drug-likeness (QED) is 0.599. The van der Waals surface area contributed by atoms with Crippen LogP contribution in [0.3, 0.4) is 0 Å². The number of hydrogen-bond donors (Lipinski definition) is 0. The Kier molecular flexibility index (Phi) is 6.27. The van der Waals surface area contributed by atoms with E-state index >= 15 is 0 Å². The lowest BCUT2D eigenvalue weighted by Crippen LogP contribution is -2.21. The first-order valence-corrected chi connectivity index (χ1v) is 10.3. The molecule has 0 aromatic carbocycles. The Hall–Kier alpha value is -2.34. The van der Waals surface area contributed by atoms with Gasteiger partial charge in [0.05, 0.1) is 24.5 Å². The van der Waals surface area contributed by atoms with Crippen molar-refractivity contribution in [2.45, 2.75) is 51.0 Å². The van der Waals surface area contributed by atoms with Crippen molar-refractivity contribution in [1.29, 1.82) is 0 Å². The van der Waals surface area contributed by atoms with Crippen LogP contribution in [0.4, 0.5) is 0 Å². The number of ether oxygens (including phenoxy) is 3. The SMILES string of the molecule is COCCOc1ccc(OCC2=C(c3ccnn3C3CCC3)CCCC2)cn1. The normalized spacial score (nSPS) is 17.5. The maximum Gasteiger partial charge on any atom is 0.213 e. The summed E-state index contributed by atoms with van der Waals surface area (Å²) in [6.45, 7) is 1.65. The van der Waals surface area contributed by atoms with E-state index in [2.05, 4.69) is 20.8 Å². The predicted octanol–water partition coefficient (Wildman–Crippen LogP) is 4.43. The summed E-state index contributed by atoms with van der Waals surface area (Å²) >= 11 is 0. The minimum atomic E-state index is 0.495. The predicted molar refractivity (Wildman–Crippen MR) is 108 cm³/mol. The number of rotatable bonds is 9. The lowest BCUT2D eigenvalue weighted by atomic mass is 9.88. The highest BCUT2D eigenvalue weighted by Crippen LogP contribution is 2.37. The van der Waals surface area contributed by atoms with E-state index < -0.39 is 0 Å². The fourth-order valence-electron chi connectivity index (χ4n) is 3.85. The van der Waals surface area contributed by atoms with Gasteiger partial charge in [-0.1, -0.05) is 0 Å². The molecule has 6 heteroatoms. The molecule has 4 rings (SSSR count). The van der Waals surface area contributed by atoms with Crippen LogP contribution in [0.2, 0.25) is 0 Å². The van der Waals surface area contributed by atoms with Crippen molar-refractivity contribution in [3.8, 4) is 11.6 Å². The summed E-state index contributed by atoms with van der Waals surface area (Å²) in [5.41, 5.74) is 4.12. The number of methoxy groups -OCH3 is 1. The molecule has 2 heterocycles. The van der Waals surface area contributed by atoms with E-state index in [0.717, 1.165) is 18.6 Å². The summed E-state index contributed by atoms with van der Waals surface area (Å²) in [5.74, 6) is 1.36. The first kappa shape index (κ1) is 19.0. The van der Waals surface area contributed by atoms with E-state index in [1.165, 1.54) is 48.9 Å². The molecule has 0 saturated heterocycles. The summed E-state index contributed by atoms with van der Waals surface area (Å²) in [6, 6.07) is 6.51. The Morgan fingerprint density at radius 2 is 1.93 bits per heavy atom. The highest BCUT2D eigenvalue weighted by atomic mass is 16.5. The van der Waals surface area contributed by atoms with E-state index in [1.54, 1.807) is 13.3 Å². The second kappa shape index (κ2) is 9.24. The van der Waals surface area contributed by atoms with E-state index in [1.807, 2.05) is 18.3 Å². The first-order chi connectivity index (χ1) is 13.8.